The van der Waals surface area contributed by atoms with Crippen LogP contribution in [-0.4, -0.2) is 17.0 Å². The summed E-state index contributed by atoms with van der Waals surface area (Å²) in [6, 6.07) is 6.85. The zero-order valence-electron chi connectivity index (χ0n) is 11.0. The lowest BCUT2D eigenvalue weighted by Crippen LogP contribution is -2.37. The molecule has 4 nitrogen and oxygen atoms in total. The van der Waals surface area contributed by atoms with Crippen molar-refractivity contribution in [2.24, 2.45) is 0 Å². The molecule has 1 aliphatic rings. The Balaban J connectivity index is 2.27. The predicted molar refractivity (Wildman–Crippen MR) is 70.1 cm³/mol. The average Bonchev–Trinajstić information content (AvgIpc) is 2.39. The highest BCUT2D eigenvalue weighted by molar-refractivity contribution is 5.81. The summed E-state index contributed by atoms with van der Waals surface area (Å²) in [4.78, 5) is 22.5. The van der Waals surface area contributed by atoms with Crippen molar-refractivity contribution in [2.75, 3.05) is 0 Å². The van der Waals surface area contributed by atoms with E-state index in [-0.39, 0.29) is 5.97 Å². The second kappa shape index (κ2) is 5.43. The van der Waals surface area contributed by atoms with Gasteiger partial charge in [-0.25, -0.2) is 0 Å². The van der Waals surface area contributed by atoms with E-state index in [0.717, 1.165) is 24.8 Å². The first kappa shape index (κ1) is 13.6. The molecule has 2 rings (SSSR count). The topological polar surface area (TPSA) is 63.6 Å². The molecule has 0 spiro atoms. The van der Waals surface area contributed by atoms with E-state index in [1.807, 2.05) is 0 Å². The molecular formula is C15H18O4. The van der Waals surface area contributed by atoms with Gasteiger partial charge in [0.1, 0.15) is 5.75 Å². The molecule has 0 unspecified atom stereocenters. The van der Waals surface area contributed by atoms with Crippen molar-refractivity contribution in [1.82, 2.24) is 0 Å². The molecule has 1 aromatic carbocycles. The van der Waals surface area contributed by atoms with E-state index in [4.69, 9.17) is 4.74 Å². The van der Waals surface area contributed by atoms with Crippen LogP contribution in [0.1, 0.15) is 44.6 Å². The first-order chi connectivity index (χ1) is 9.04. The number of hydrogen-bond donors (Lipinski definition) is 1. The summed E-state index contributed by atoms with van der Waals surface area (Å²) >= 11 is 0. The maximum atomic E-state index is 11.7. The number of rotatable bonds is 3. The highest BCUT2D eigenvalue weighted by Crippen LogP contribution is 2.40. The van der Waals surface area contributed by atoms with E-state index in [1.165, 1.54) is 6.92 Å². The molecule has 0 amide bonds. The highest BCUT2D eigenvalue weighted by atomic mass is 16.5. The van der Waals surface area contributed by atoms with Gasteiger partial charge in [-0.05, 0) is 30.5 Å². The minimum Gasteiger partial charge on any atom is -0.481 e. The molecule has 19 heavy (non-hydrogen) atoms. The van der Waals surface area contributed by atoms with Crippen LogP contribution in [0, 0.1) is 0 Å². The van der Waals surface area contributed by atoms with E-state index in [9.17, 15) is 14.7 Å². The molecule has 1 saturated carbocycles. The Bertz CT molecular complexity index is 469. The largest absolute Gasteiger partial charge is 0.481 e. The van der Waals surface area contributed by atoms with E-state index in [2.05, 4.69) is 0 Å². The number of hydrogen-bond acceptors (Lipinski definition) is 3. The van der Waals surface area contributed by atoms with Crippen molar-refractivity contribution in [3.63, 3.8) is 0 Å². The van der Waals surface area contributed by atoms with Gasteiger partial charge in [0.25, 0.3) is 0 Å². The van der Waals surface area contributed by atoms with Crippen LogP contribution in [0.2, 0.25) is 0 Å². The molecule has 0 aliphatic heterocycles. The normalized spacial score (nSPS) is 17.7. The number of carboxylic acids is 1. The van der Waals surface area contributed by atoms with Crippen LogP contribution >= 0.6 is 0 Å². The smallest absolute Gasteiger partial charge is 0.314 e. The van der Waals surface area contributed by atoms with Crippen molar-refractivity contribution in [1.29, 1.82) is 0 Å². The molecule has 0 radical (unpaired) electrons. The lowest BCUT2D eigenvalue weighted by molar-refractivity contribution is -0.145. The molecule has 0 atom stereocenters. The van der Waals surface area contributed by atoms with Gasteiger partial charge in [-0.2, -0.15) is 0 Å². The van der Waals surface area contributed by atoms with Crippen molar-refractivity contribution >= 4 is 11.9 Å². The van der Waals surface area contributed by atoms with Gasteiger partial charge in [0.15, 0.2) is 0 Å². The standard InChI is InChI=1S/C15H18O4/c1-11(16)19-13-7-5-12(6-8-13)15(14(17)18)9-3-2-4-10-15/h5-8H,2-4,9-10H2,1H3,(H,17,18). The Labute approximate surface area is 112 Å². The number of ether oxygens (including phenoxy) is 1. The second-order valence-electron chi connectivity index (χ2n) is 5.07. The molecule has 1 N–H and O–H groups in total. The fourth-order valence-electron chi connectivity index (χ4n) is 2.79. The Hall–Kier alpha value is -1.84. The maximum absolute atomic E-state index is 11.7. The quantitative estimate of drug-likeness (QED) is 0.672. The third-order valence-electron chi connectivity index (χ3n) is 3.78. The van der Waals surface area contributed by atoms with E-state index in [0.29, 0.717) is 18.6 Å². The zero-order chi connectivity index (χ0) is 13.9. The van der Waals surface area contributed by atoms with Gasteiger partial charge >= 0.3 is 11.9 Å². The summed E-state index contributed by atoms with van der Waals surface area (Å²) in [5.41, 5.74) is 0.0307. The third kappa shape index (κ3) is 2.78. The molecule has 0 heterocycles. The summed E-state index contributed by atoms with van der Waals surface area (Å²) in [7, 11) is 0. The van der Waals surface area contributed by atoms with Crippen LogP contribution in [0.5, 0.6) is 5.75 Å². The third-order valence-corrected chi connectivity index (χ3v) is 3.78. The Kier molecular flexibility index (Phi) is 3.88. The van der Waals surface area contributed by atoms with Crippen molar-refractivity contribution in [3.05, 3.63) is 29.8 Å². The van der Waals surface area contributed by atoms with Crippen LogP contribution in [0.3, 0.4) is 0 Å². The fourth-order valence-corrected chi connectivity index (χ4v) is 2.79. The Morgan fingerprint density at radius 2 is 1.68 bits per heavy atom. The molecule has 0 bridgehead atoms. The summed E-state index contributed by atoms with van der Waals surface area (Å²) in [6.07, 6.45) is 4.33. The number of aliphatic carboxylic acids is 1. The monoisotopic (exact) mass is 262 g/mol. The molecule has 102 valence electrons. The fraction of sp³-hybridized carbons (Fsp3) is 0.467. The van der Waals surface area contributed by atoms with Crippen molar-refractivity contribution in [3.8, 4) is 5.75 Å². The van der Waals surface area contributed by atoms with E-state index in [1.54, 1.807) is 24.3 Å². The van der Waals surface area contributed by atoms with Gasteiger partial charge < -0.3 is 9.84 Å². The number of carboxylic acid groups (broad SMARTS) is 1. The number of benzene rings is 1. The SMILES string of the molecule is CC(=O)Oc1ccc(C2(C(=O)O)CCCCC2)cc1. The van der Waals surface area contributed by atoms with Crippen LogP contribution in [-0.2, 0) is 15.0 Å². The zero-order valence-corrected chi connectivity index (χ0v) is 11.0. The number of carbonyl (C=O) groups excluding carboxylic acids is 1. The molecule has 0 saturated heterocycles. The number of esters is 1. The first-order valence-corrected chi connectivity index (χ1v) is 6.57. The molecular weight excluding hydrogens is 244 g/mol. The van der Waals surface area contributed by atoms with Crippen molar-refractivity contribution in [2.45, 2.75) is 44.4 Å². The minimum atomic E-state index is -0.771. The van der Waals surface area contributed by atoms with Gasteiger partial charge in [-0.1, -0.05) is 31.4 Å². The molecule has 0 aromatic heterocycles. The maximum Gasteiger partial charge on any atom is 0.314 e. The van der Waals surface area contributed by atoms with Crippen molar-refractivity contribution < 1.29 is 19.4 Å². The second-order valence-corrected chi connectivity index (χ2v) is 5.07. The molecule has 4 heteroatoms. The van der Waals surface area contributed by atoms with Crippen LogP contribution in [0.25, 0.3) is 0 Å². The first-order valence-electron chi connectivity index (χ1n) is 6.57. The van der Waals surface area contributed by atoms with Gasteiger partial charge in [0.2, 0.25) is 0 Å². The Morgan fingerprint density at radius 3 is 2.16 bits per heavy atom. The average molecular weight is 262 g/mol. The highest BCUT2D eigenvalue weighted by Gasteiger charge is 2.41. The van der Waals surface area contributed by atoms with Crippen LogP contribution in [0.4, 0.5) is 0 Å². The van der Waals surface area contributed by atoms with Gasteiger partial charge in [0.05, 0.1) is 5.41 Å². The lowest BCUT2D eigenvalue weighted by Gasteiger charge is -2.33. The number of carbonyl (C=O) groups is 2. The van der Waals surface area contributed by atoms with Gasteiger partial charge in [-0.15, -0.1) is 0 Å². The van der Waals surface area contributed by atoms with Gasteiger partial charge in [-0.3, -0.25) is 9.59 Å². The summed E-state index contributed by atoms with van der Waals surface area (Å²) in [5, 5.41) is 9.57. The van der Waals surface area contributed by atoms with Crippen LogP contribution < -0.4 is 4.74 Å². The predicted octanol–water partition coefficient (Wildman–Crippen LogP) is 2.90. The van der Waals surface area contributed by atoms with Crippen LogP contribution in [0.15, 0.2) is 24.3 Å². The summed E-state index contributed by atoms with van der Waals surface area (Å²) < 4.78 is 4.96. The summed E-state index contributed by atoms with van der Waals surface area (Å²) in [6.45, 7) is 1.34. The van der Waals surface area contributed by atoms with Gasteiger partial charge in [0, 0.05) is 6.92 Å². The van der Waals surface area contributed by atoms with E-state index < -0.39 is 11.4 Å². The summed E-state index contributed by atoms with van der Waals surface area (Å²) in [5.74, 6) is -0.682. The van der Waals surface area contributed by atoms with E-state index >= 15 is 0 Å². The Morgan fingerprint density at radius 1 is 1.11 bits per heavy atom. The lowest BCUT2D eigenvalue weighted by atomic mass is 9.69. The molecule has 1 aromatic rings. The minimum absolute atomic E-state index is 0.377. The molecule has 1 aliphatic carbocycles. The molecule has 1 fully saturated rings.